The fourth-order valence-corrected chi connectivity index (χ4v) is 3.99. The van der Waals surface area contributed by atoms with E-state index in [1.807, 2.05) is 36.1 Å². The van der Waals surface area contributed by atoms with Crippen molar-refractivity contribution in [2.24, 2.45) is 5.92 Å². The first-order chi connectivity index (χ1) is 14.5. The first-order valence-corrected chi connectivity index (χ1v) is 10.2. The van der Waals surface area contributed by atoms with E-state index in [4.69, 9.17) is 9.47 Å². The van der Waals surface area contributed by atoms with Gasteiger partial charge in [-0.3, -0.25) is 9.59 Å². The molecule has 2 amide bonds. The van der Waals surface area contributed by atoms with Crippen molar-refractivity contribution < 1.29 is 19.1 Å². The Balaban J connectivity index is 1.36. The van der Waals surface area contributed by atoms with Crippen LogP contribution in [0.5, 0.6) is 11.8 Å². The second kappa shape index (κ2) is 8.69. The zero-order valence-electron chi connectivity index (χ0n) is 17.3. The number of methoxy groups -OCH3 is 1. The van der Waals surface area contributed by atoms with Crippen molar-refractivity contribution in [1.29, 1.82) is 0 Å². The van der Waals surface area contributed by atoms with Crippen LogP contribution in [0.3, 0.4) is 0 Å². The second-order valence-electron chi connectivity index (χ2n) is 7.82. The fourth-order valence-electron chi connectivity index (χ4n) is 3.99. The first-order valence-electron chi connectivity index (χ1n) is 10.2. The van der Waals surface area contributed by atoms with Crippen LogP contribution in [0, 0.1) is 12.8 Å². The highest BCUT2D eigenvalue weighted by Crippen LogP contribution is 2.28. The largest absolute Gasteiger partial charge is 0.480 e. The van der Waals surface area contributed by atoms with Gasteiger partial charge in [0.15, 0.2) is 0 Å². The predicted molar refractivity (Wildman–Crippen MR) is 110 cm³/mol. The Bertz CT molecular complexity index is 900. The third kappa shape index (κ3) is 4.37. The van der Waals surface area contributed by atoms with Crippen molar-refractivity contribution in [3.63, 3.8) is 0 Å². The van der Waals surface area contributed by atoms with Crippen molar-refractivity contribution >= 4 is 17.5 Å². The molecule has 0 radical (unpaired) electrons. The molecule has 2 saturated heterocycles. The molecule has 1 aromatic carbocycles. The van der Waals surface area contributed by atoms with Gasteiger partial charge >= 0.3 is 0 Å². The molecule has 2 aliphatic rings. The maximum atomic E-state index is 13.1. The van der Waals surface area contributed by atoms with Gasteiger partial charge in [-0.05, 0) is 31.9 Å². The number of rotatable bonds is 5. The van der Waals surface area contributed by atoms with Crippen LogP contribution in [-0.2, 0) is 9.59 Å². The summed E-state index contributed by atoms with van der Waals surface area (Å²) in [5, 5.41) is 7.91. The number of nitrogens with zero attached hydrogens (tertiary/aromatic N) is 4. The van der Waals surface area contributed by atoms with E-state index in [1.54, 1.807) is 17.0 Å². The lowest BCUT2D eigenvalue weighted by molar-refractivity contribution is -0.138. The predicted octanol–water partition coefficient (Wildman–Crippen LogP) is 2.22. The van der Waals surface area contributed by atoms with E-state index in [2.05, 4.69) is 10.2 Å². The maximum absolute atomic E-state index is 13.1. The fraction of sp³-hybridized carbons (Fsp3) is 0.455. The number of piperidine rings is 1. The number of aryl methyl sites for hydroxylation is 1. The molecule has 2 unspecified atom stereocenters. The van der Waals surface area contributed by atoms with E-state index in [1.165, 1.54) is 7.11 Å². The minimum absolute atomic E-state index is 0.00415. The van der Waals surface area contributed by atoms with E-state index in [0.29, 0.717) is 31.4 Å². The van der Waals surface area contributed by atoms with Crippen molar-refractivity contribution in [2.75, 3.05) is 31.6 Å². The molecule has 3 heterocycles. The molecular weight excluding hydrogens is 384 g/mol. The highest BCUT2D eigenvalue weighted by molar-refractivity contribution is 6.00. The van der Waals surface area contributed by atoms with Crippen LogP contribution in [0.25, 0.3) is 0 Å². The number of hydrogen-bond acceptors (Lipinski definition) is 6. The SMILES string of the molecule is COc1ccc(OC2CCCN(C(=O)C3CC(=O)N(c4ccc(C)cc4)C3)C2)nn1. The van der Waals surface area contributed by atoms with Crippen LogP contribution >= 0.6 is 0 Å². The van der Waals surface area contributed by atoms with Crippen LogP contribution in [0.15, 0.2) is 36.4 Å². The van der Waals surface area contributed by atoms with E-state index in [0.717, 1.165) is 24.1 Å². The molecule has 0 bridgehead atoms. The molecule has 158 valence electrons. The minimum atomic E-state index is -0.321. The number of carbonyl (C=O) groups is 2. The van der Waals surface area contributed by atoms with Gasteiger partial charge in [-0.1, -0.05) is 17.7 Å². The Morgan fingerprint density at radius 2 is 1.80 bits per heavy atom. The summed E-state index contributed by atoms with van der Waals surface area (Å²) in [4.78, 5) is 29.2. The maximum Gasteiger partial charge on any atom is 0.233 e. The molecule has 8 nitrogen and oxygen atoms in total. The van der Waals surface area contributed by atoms with Crippen LogP contribution in [0.4, 0.5) is 5.69 Å². The number of benzene rings is 1. The quantitative estimate of drug-likeness (QED) is 0.751. The number of aromatic nitrogens is 2. The summed E-state index contributed by atoms with van der Waals surface area (Å²) < 4.78 is 10.9. The zero-order chi connectivity index (χ0) is 21.1. The van der Waals surface area contributed by atoms with Crippen molar-refractivity contribution in [3.05, 3.63) is 42.0 Å². The van der Waals surface area contributed by atoms with Crippen molar-refractivity contribution in [1.82, 2.24) is 15.1 Å². The van der Waals surface area contributed by atoms with Gasteiger partial charge in [-0.15, -0.1) is 10.2 Å². The molecule has 4 rings (SSSR count). The zero-order valence-corrected chi connectivity index (χ0v) is 17.3. The number of hydrogen-bond donors (Lipinski definition) is 0. The van der Waals surface area contributed by atoms with E-state index < -0.39 is 0 Å². The number of ether oxygens (including phenoxy) is 2. The highest BCUT2D eigenvalue weighted by atomic mass is 16.5. The topological polar surface area (TPSA) is 84.9 Å². The lowest BCUT2D eigenvalue weighted by atomic mass is 10.0. The molecule has 2 fully saturated rings. The third-order valence-corrected chi connectivity index (χ3v) is 5.62. The summed E-state index contributed by atoms with van der Waals surface area (Å²) in [7, 11) is 1.53. The Labute approximate surface area is 175 Å². The van der Waals surface area contributed by atoms with E-state index >= 15 is 0 Å². The van der Waals surface area contributed by atoms with Crippen LogP contribution in [-0.4, -0.2) is 59.8 Å². The number of likely N-dealkylation sites (tertiary alicyclic amines) is 1. The Morgan fingerprint density at radius 1 is 1.07 bits per heavy atom. The number of carbonyl (C=O) groups excluding carboxylic acids is 2. The molecule has 2 aromatic rings. The molecule has 30 heavy (non-hydrogen) atoms. The molecule has 0 aliphatic carbocycles. The Morgan fingerprint density at radius 3 is 2.50 bits per heavy atom. The van der Waals surface area contributed by atoms with Gasteiger partial charge in [-0.2, -0.15) is 0 Å². The summed E-state index contributed by atoms with van der Waals surface area (Å²) in [6.07, 6.45) is 1.80. The molecule has 2 aliphatic heterocycles. The molecular formula is C22H26N4O4. The monoisotopic (exact) mass is 410 g/mol. The summed E-state index contributed by atoms with van der Waals surface area (Å²) >= 11 is 0. The van der Waals surface area contributed by atoms with Crippen molar-refractivity contribution in [2.45, 2.75) is 32.3 Å². The second-order valence-corrected chi connectivity index (χ2v) is 7.82. The Kier molecular flexibility index (Phi) is 5.83. The van der Waals surface area contributed by atoms with Crippen LogP contribution in [0.1, 0.15) is 24.8 Å². The molecule has 0 spiro atoms. The molecule has 0 N–H and O–H groups in total. The Hall–Kier alpha value is -3.16. The lowest BCUT2D eigenvalue weighted by Gasteiger charge is -2.34. The first kappa shape index (κ1) is 20.1. The van der Waals surface area contributed by atoms with Gasteiger partial charge in [0.1, 0.15) is 6.10 Å². The van der Waals surface area contributed by atoms with Crippen LogP contribution < -0.4 is 14.4 Å². The van der Waals surface area contributed by atoms with Crippen molar-refractivity contribution in [3.8, 4) is 11.8 Å². The van der Waals surface area contributed by atoms with Gasteiger partial charge < -0.3 is 19.3 Å². The van der Waals surface area contributed by atoms with Gasteiger partial charge in [-0.25, -0.2) is 0 Å². The summed E-state index contributed by atoms with van der Waals surface area (Å²) in [6, 6.07) is 11.2. The van der Waals surface area contributed by atoms with Gasteiger partial charge in [0.2, 0.25) is 23.6 Å². The summed E-state index contributed by atoms with van der Waals surface area (Å²) in [6.45, 7) is 3.60. The smallest absolute Gasteiger partial charge is 0.233 e. The molecule has 1 aromatic heterocycles. The lowest BCUT2D eigenvalue weighted by Crippen LogP contribution is -2.47. The molecule has 0 saturated carbocycles. The normalized spacial score (nSPS) is 21.6. The standard InChI is InChI=1S/C22H26N4O4/c1-15-5-7-17(8-6-15)26-13-16(12-21(26)27)22(28)25-11-3-4-18(14-25)30-20-10-9-19(29-2)23-24-20/h5-10,16,18H,3-4,11-14H2,1-2H3. The van der Waals surface area contributed by atoms with Gasteiger partial charge in [0, 0.05) is 37.3 Å². The van der Waals surface area contributed by atoms with Gasteiger partial charge in [0.05, 0.1) is 19.6 Å². The average molecular weight is 410 g/mol. The molecule has 2 atom stereocenters. The van der Waals surface area contributed by atoms with Gasteiger partial charge in [0.25, 0.3) is 0 Å². The van der Waals surface area contributed by atoms with E-state index in [9.17, 15) is 9.59 Å². The van der Waals surface area contributed by atoms with Crippen LogP contribution in [0.2, 0.25) is 0 Å². The van der Waals surface area contributed by atoms with E-state index in [-0.39, 0.29) is 30.3 Å². The molecule has 8 heteroatoms. The highest BCUT2D eigenvalue weighted by Gasteiger charge is 2.38. The summed E-state index contributed by atoms with van der Waals surface area (Å²) in [5.74, 6) is 0.532. The third-order valence-electron chi connectivity index (χ3n) is 5.62. The number of anilines is 1. The average Bonchev–Trinajstić information content (AvgIpc) is 3.16. The number of amides is 2. The minimum Gasteiger partial charge on any atom is -0.480 e. The summed E-state index contributed by atoms with van der Waals surface area (Å²) in [5.41, 5.74) is 1.98.